The summed E-state index contributed by atoms with van der Waals surface area (Å²) in [4.78, 5) is 32.0. The van der Waals surface area contributed by atoms with Crippen molar-refractivity contribution in [3.63, 3.8) is 0 Å². The van der Waals surface area contributed by atoms with Crippen molar-refractivity contribution in [2.45, 2.75) is 54.8 Å². The third-order valence-corrected chi connectivity index (χ3v) is 9.11. The minimum absolute atomic E-state index is 0.0471. The number of hydrogen-bond acceptors (Lipinski definition) is 8. The Hall–Kier alpha value is -4.03. The fraction of sp³-hybridized carbons (Fsp3) is 0.333. The maximum atomic E-state index is 16.0. The predicted molar refractivity (Wildman–Crippen MR) is 175 cm³/mol. The molecule has 10 nitrogen and oxygen atoms in total. The number of methoxy groups -OCH3 is 1. The number of aliphatic carboxylic acids is 1. The van der Waals surface area contributed by atoms with Crippen LogP contribution in [-0.2, 0) is 28.2 Å². The molecule has 3 aromatic rings. The summed E-state index contributed by atoms with van der Waals surface area (Å²) in [5.74, 6) is -1.56. The largest absolute Gasteiger partial charge is 0.481 e. The second-order valence-electron chi connectivity index (χ2n) is 11.2. The molecule has 1 fully saturated rings. The van der Waals surface area contributed by atoms with E-state index in [0.717, 1.165) is 17.5 Å². The van der Waals surface area contributed by atoms with Crippen LogP contribution in [0.3, 0.4) is 0 Å². The highest BCUT2D eigenvalue weighted by Crippen LogP contribution is 2.54. The Morgan fingerprint density at radius 1 is 1.17 bits per heavy atom. The summed E-state index contributed by atoms with van der Waals surface area (Å²) in [6, 6.07) is 13.6. The van der Waals surface area contributed by atoms with E-state index in [1.165, 1.54) is 26.3 Å². The molecule has 0 spiro atoms. The summed E-state index contributed by atoms with van der Waals surface area (Å²) in [6.07, 6.45) is 7.98. The molecule has 1 saturated heterocycles. The molecule has 1 aliphatic heterocycles. The van der Waals surface area contributed by atoms with Crippen LogP contribution in [0.25, 0.3) is 5.57 Å². The number of allylic oxidation sites excluding steroid dienone is 2. The minimum atomic E-state index is -1.75. The fourth-order valence-electron chi connectivity index (χ4n) is 5.49. The van der Waals surface area contributed by atoms with Gasteiger partial charge in [0.05, 0.1) is 12.8 Å². The van der Waals surface area contributed by atoms with Crippen molar-refractivity contribution < 1.29 is 23.8 Å². The lowest BCUT2D eigenvalue weighted by atomic mass is 9.79. The van der Waals surface area contributed by atoms with Gasteiger partial charge in [0, 0.05) is 49.4 Å². The van der Waals surface area contributed by atoms with Crippen LogP contribution in [0, 0.1) is 5.82 Å². The SMILES string of the molecule is COc1nc(C2(Nc3nccc(CNC(C)C(=O)O)c3F)C=CC=C(c3ccccc3)C2(Cl)Cl)ccc1CNC[C@@H]1CCC(=O)N1. The van der Waals surface area contributed by atoms with Gasteiger partial charge in [0.25, 0.3) is 0 Å². The number of benzene rings is 1. The normalized spacial score (nSPS) is 20.9. The van der Waals surface area contributed by atoms with Crippen molar-refractivity contribution in [1.29, 1.82) is 0 Å². The number of hydrogen-bond donors (Lipinski definition) is 5. The van der Waals surface area contributed by atoms with Gasteiger partial charge in [-0.25, -0.2) is 14.4 Å². The Bertz CT molecular complexity index is 1650. The van der Waals surface area contributed by atoms with Gasteiger partial charge in [-0.1, -0.05) is 71.8 Å². The van der Waals surface area contributed by atoms with E-state index in [2.05, 4.69) is 26.3 Å². The monoisotopic (exact) mass is 668 g/mol. The van der Waals surface area contributed by atoms with Crippen LogP contribution >= 0.6 is 23.2 Å². The van der Waals surface area contributed by atoms with Crippen molar-refractivity contribution in [2.75, 3.05) is 19.0 Å². The van der Waals surface area contributed by atoms with Gasteiger partial charge in [0.2, 0.25) is 11.8 Å². The van der Waals surface area contributed by atoms with E-state index in [9.17, 15) is 14.7 Å². The highest BCUT2D eigenvalue weighted by atomic mass is 35.5. The molecule has 46 heavy (non-hydrogen) atoms. The molecule has 2 aromatic heterocycles. The molecule has 2 unspecified atom stereocenters. The van der Waals surface area contributed by atoms with E-state index in [0.29, 0.717) is 36.7 Å². The Labute approximate surface area is 276 Å². The maximum absolute atomic E-state index is 16.0. The van der Waals surface area contributed by atoms with Crippen LogP contribution in [0.1, 0.15) is 42.1 Å². The van der Waals surface area contributed by atoms with Crippen molar-refractivity contribution in [2.24, 2.45) is 0 Å². The zero-order chi connectivity index (χ0) is 32.9. The van der Waals surface area contributed by atoms with Crippen molar-refractivity contribution in [1.82, 2.24) is 25.9 Å². The Morgan fingerprint density at radius 3 is 2.65 bits per heavy atom. The lowest BCUT2D eigenvalue weighted by Gasteiger charge is -2.44. The molecule has 2 aliphatic rings. The lowest BCUT2D eigenvalue weighted by Crippen LogP contribution is -2.51. The van der Waals surface area contributed by atoms with Gasteiger partial charge in [-0.3, -0.25) is 9.59 Å². The number of halogens is 3. The third kappa shape index (κ3) is 6.87. The number of amides is 1. The van der Waals surface area contributed by atoms with Crippen LogP contribution in [0.5, 0.6) is 5.88 Å². The van der Waals surface area contributed by atoms with Gasteiger partial charge >= 0.3 is 5.97 Å². The average Bonchev–Trinajstić information content (AvgIpc) is 3.47. The van der Waals surface area contributed by atoms with E-state index in [4.69, 9.17) is 32.9 Å². The number of aromatic nitrogens is 2. The number of carbonyl (C=O) groups excluding carboxylic acids is 1. The Morgan fingerprint density at radius 2 is 1.96 bits per heavy atom. The maximum Gasteiger partial charge on any atom is 0.320 e. The Balaban J connectivity index is 1.52. The molecule has 13 heteroatoms. The second-order valence-corrected chi connectivity index (χ2v) is 12.5. The number of ether oxygens (including phenoxy) is 1. The number of carboxylic acids is 1. The molecule has 0 saturated carbocycles. The standard InChI is InChI=1S/C33H35Cl2FN6O4/c1-20(31(44)45)39-18-22-14-16-38-29(28(22)36)42-32(15-6-9-25(33(32,34)35)21-7-4-3-5-8-21)26-12-10-23(30(41-26)46-2)17-37-19-24-11-13-27(43)40-24/h3-10,12,14-16,20,24,37,39H,11,13,17-19H2,1-2H3,(H,38,42)(H,40,43)(H,44,45)/t20?,24-,32?/m0/s1. The fourth-order valence-corrected chi connectivity index (χ4v) is 6.25. The smallest absolute Gasteiger partial charge is 0.320 e. The second kappa shape index (κ2) is 14.2. The van der Waals surface area contributed by atoms with Gasteiger partial charge in [-0.15, -0.1) is 0 Å². The third-order valence-electron chi connectivity index (χ3n) is 8.11. The number of nitrogens with one attached hydrogen (secondary N) is 4. The molecule has 3 atom stereocenters. The van der Waals surface area contributed by atoms with E-state index in [1.54, 1.807) is 24.3 Å². The number of nitrogens with zero attached hydrogens (tertiary/aromatic N) is 2. The molecular weight excluding hydrogens is 634 g/mol. The first-order valence-corrected chi connectivity index (χ1v) is 15.6. The van der Waals surface area contributed by atoms with Crippen LogP contribution < -0.4 is 26.0 Å². The highest BCUT2D eigenvalue weighted by Gasteiger charge is 2.55. The molecule has 5 N–H and O–H groups in total. The van der Waals surface area contributed by atoms with Crippen molar-refractivity contribution in [3.05, 3.63) is 101 Å². The van der Waals surface area contributed by atoms with Crippen LogP contribution in [0.2, 0.25) is 0 Å². The molecule has 0 bridgehead atoms. The van der Waals surface area contributed by atoms with Gasteiger partial charge in [-0.05, 0) is 42.7 Å². The number of alkyl halides is 2. The predicted octanol–water partition coefficient (Wildman–Crippen LogP) is 4.69. The van der Waals surface area contributed by atoms with E-state index in [1.807, 2.05) is 36.4 Å². The summed E-state index contributed by atoms with van der Waals surface area (Å²) in [5.41, 5.74) is 1.03. The van der Waals surface area contributed by atoms with E-state index in [-0.39, 0.29) is 29.9 Å². The first-order chi connectivity index (χ1) is 22.1. The molecule has 1 aliphatic carbocycles. The molecule has 1 amide bonds. The average molecular weight is 670 g/mol. The summed E-state index contributed by atoms with van der Waals surface area (Å²) in [6.45, 7) is 2.42. The van der Waals surface area contributed by atoms with Crippen molar-refractivity contribution >= 4 is 46.5 Å². The van der Waals surface area contributed by atoms with Gasteiger partial charge in [0.1, 0.15) is 11.6 Å². The van der Waals surface area contributed by atoms with Crippen molar-refractivity contribution in [3.8, 4) is 5.88 Å². The zero-order valence-corrected chi connectivity index (χ0v) is 26.8. The molecular formula is C33H35Cl2FN6O4. The van der Waals surface area contributed by atoms with Crippen LogP contribution in [0.15, 0.2) is 73.0 Å². The Kier molecular flexibility index (Phi) is 10.3. The lowest BCUT2D eigenvalue weighted by molar-refractivity contribution is -0.139. The first kappa shape index (κ1) is 33.3. The quantitative estimate of drug-likeness (QED) is 0.164. The summed E-state index contributed by atoms with van der Waals surface area (Å²) in [7, 11) is 1.50. The summed E-state index contributed by atoms with van der Waals surface area (Å²) in [5, 5.41) is 21.5. The van der Waals surface area contributed by atoms with E-state index < -0.39 is 27.7 Å². The number of pyridine rings is 2. The number of rotatable bonds is 13. The number of carboxylic acid groups (broad SMARTS) is 1. The van der Waals surface area contributed by atoms with Gasteiger partial charge < -0.3 is 31.1 Å². The number of carbonyl (C=O) groups is 2. The molecule has 5 rings (SSSR count). The number of anilines is 1. The van der Waals surface area contributed by atoms with Crippen LogP contribution in [-0.4, -0.2) is 57.0 Å². The molecule has 242 valence electrons. The molecule has 0 radical (unpaired) electrons. The van der Waals surface area contributed by atoms with Gasteiger partial charge in [0.15, 0.2) is 16.0 Å². The topological polar surface area (TPSA) is 138 Å². The summed E-state index contributed by atoms with van der Waals surface area (Å²) < 4.78 is 20.0. The molecule has 1 aromatic carbocycles. The van der Waals surface area contributed by atoms with Gasteiger partial charge in [-0.2, -0.15) is 0 Å². The first-order valence-electron chi connectivity index (χ1n) is 14.8. The highest BCUT2D eigenvalue weighted by molar-refractivity contribution is 6.55. The summed E-state index contributed by atoms with van der Waals surface area (Å²) >= 11 is 14.7. The zero-order valence-electron chi connectivity index (χ0n) is 25.3. The van der Waals surface area contributed by atoms with E-state index >= 15 is 4.39 Å². The molecule has 3 heterocycles. The minimum Gasteiger partial charge on any atom is -0.481 e. The van der Waals surface area contributed by atoms with Crippen LogP contribution in [0.4, 0.5) is 10.2 Å².